The van der Waals surface area contributed by atoms with Crippen LogP contribution in [0.15, 0.2) is 59.5 Å². The van der Waals surface area contributed by atoms with Gasteiger partial charge in [-0.2, -0.15) is 9.78 Å². The Morgan fingerprint density at radius 3 is 2.81 bits per heavy atom. The molecule has 2 aromatic carbocycles. The second-order valence-corrected chi connectivity index (χ2v) is 4.91. The minimum atomic E-state index is -0.155. The third-order valence-electron chi connectivity index (χ3n) is 3.55. The molecule has 0 bridgehead atoms. The van der Waals surface area contributed by atoms with Crippen LogP contribution in [-0.2, 0) is 0 Å². The first-order valence-corrected chi connectivity index (χ1v) is 6.59. The van der Waals surface area contributed by atoms with Crippen LogP contribution in [0.2, 0.25) is 0 Å². The number of H-pyrrole nitrogens is 1. The lowest BCUT2D eigenvalue weighted by Gasteiger charge is -2.01. The molecule has 3 N–H and O–H groups in total. The number of nitrogens with zero attached hydrogens (tertiary/aromatic N) is 2. The Bertz CT molecular complexity index is 983. The first-order valence-electron chi connectivity index (χ1n) is 6.59. The molecule has 5 heteroatoms. The lowest BCUT2D eigenvalue weighted by molar-refractivity contribution is 0.859. The van der Waals surface area contributed by atoms with E-state index in [4.69, 9.17) is 5.73 Å². The van der Waals surface area contributed by atoms with E-state index < -0.39 is 0 Å². The predicted molar refractivity (Wildman–Crippen MR) is 82.7 cm³/mol. The van der Waals surface area contributed by atoms with Crippen molar-refractivity contribution in [3.05, 3.63) is 65.1 Å². The zero-order valence-corrected chi connectivity index (χ0v) is 11.1. The van der Waals surface area contributed by atoms with Crippen LogP contribution in [0.3, 0.4) is 0 Å². The van der Waals surface area contributed by atoms with Gasteiger partial charge in [0.2, 0.25) is 0 Å². The molecule has 0 aromatic heterocycles. The number of nitrogen functional groups attached to an aromatic ring is 1. The van der Waals surface area contributed by atoms with Gasteiger partial charge in [0.1, 0.15) is 5.69 Å². The number of anilines is 1. The molecule has 102 valence electrons. The van der Waals surface area contributed by atoms with Crippen molar-refractivity contribution in [2.24, 2.45) is 0 Å². The molecular formula is C16H12N4O. The van der Waals surface area contributed by atoms with Crippen LogP contribution in [0.5, 0.6) is 0 Å². The molecular weight excluding hydrogens is 264 g/mol. The Balaban J connectivity index is 2.08. The Labute approximate surface area is 120 Å². The number of nitrogens with one attached hydrogen (secondary N) is 1. The van der Waals surface area contributed by atoms with Gasteiger partial charge >= 0.3 is 0 Å². The van der Waals surface area contributed by atoms with Gasteiger partial charge in [-0.05, 0) is 24.3 Å². The van der Waals surface area contributed by atoms with E-state index in [1.54, 1.807) is 24.4 Å². The average molecular weight is 276 g/mol. The standard InChI is InChI=1S/C16H12N4O/c17-10-4-3-5-11(8-10)20-16(21)13-9-18-14-7-2-1-6-12(14)15(13)19-20/h1-9,18H,17H2. The van der Waals surface area contributed by atoms with Crippen molar-refractivity contribution in [1.29, 1.82) is 0 Å². The van der Waals surface area contributed by atoms with Crippen LogP contribution in [0, 0.1) is 0 Å². The fourth-order valence-corrected chi connectivity index (χ4v) is 2.54. The van der Waals surface area contributed by atoms with E-state index in [2.05, 4.69) is 10.1 Å². The molecule has 0 amide bonds. The first kappa shape index (κ1) is 11.7. The molecule has 4 rings (SSSR count). The molecule has 0 saturated carbocycles. The number of aromatic amines is 1. The topological polar surface area (TPSA) is 76.7 Å². The summed E-state index contributed by atoms with van der Waals surface area (Å²) in [5.74, 6) is 0. The van der Waals surface area contributed by atoms with E-state index in [9.17, 15) is 4.79 Å². The van der Waals surface area contributed by atoms with Crippen LogP contribution in [0.4, 0.5) is 5.69 Å². The normalized spacial score (nSPS) is 11.2. The van der Waals surface area contributed by atoms with Crippen molar-refractivity contribution in [3.8, 4) is 16.9 Å². The number of rotatable bonds is 1. The summed E-state index contributed by atoms with van der Waals surface area (Å²) in [7, 11) is 0. The van der Waals surface area contributed by atoms with Crippen LogP contribution < -0.4 is 11.3 Å². The summed E-state index contributed by atoms with van der Waals surface area (Å²) in [4.78, 5) is 15.7. The highest BCUT2D eigenvalue weighted by molar-refractivity contribution is 5.93. The van der Waals surface area contributed by atoms with Gasteiger partial charge in [0, 0.05) is 22.8 Å². The van der Waals surface area contributed by atoms with Gasteiger partial charge in [-0.15, -0.1) is 0 Å². The number of aromatic nitrogens is 3. The second-order valence-electron chi connectivity index (χ2n) is 4.91. The first-order chi connectivity index (χ1) is 10.2. The molecule has 0 unspecified atom stereocenters. The quantitative estimate of drug-likeness (QED) is 0.524. The van der Waals surface area contributed by atoms with Gasteiger partial charge in [-0.25, -0.2) is 0 Å². The van der Waals surface area contributed by atoms with Crippen molar-refractivity contribution >= 4 is 16.6 Å². The summed E-state index contributed by atoms with van der Waals surface area (Å²) >= 11 is 0. The Morgan fingerprint density at radius 2 is 1.95 bits per heavy atom. The fraction of sp³-hybridized carbons (Fsp3) is 0. The summed E-state index contributed by atoms with van der Waals surface area (Å²) in [6.07, 6.45) is 1.70. The van der Waals surface area contributed by atoms with E-state index in [0.717, 1.165) is 10.9 Å². The summed E-state index contributed by atoms with van der Waals surface area (Å²) in [6.45, 7) is 0. The zero-order chi connectivity index (χ0) is 14.4. The highest BCUT2D eigenvalue weighted by Gasteiger charge is 2.18. The van der Waals surface area contributed by atoms with Crippen LogP contribution >= 0.6 is 0 Å². The van der Waals surface area contributed by atoms with Crippen LogP contribution in [-0.4, -0.2) is 14.8 Å². The lowest BCUT2D eigenvalue weighted by Crippen LogP contribution is -2.14. The van der Waals surface area contributed by atoms with Crippen molar-refractivity contribution in [2.75, 3.05) is 5.73 Å². The third-order valence-corrected chi connectivity index (χ3v) is 3.55. The predicted octanol–water partition coefficient (Wildman–Crippen LogP) is 2.40. The molecule has 0 saturated heterocycles. The molecule has 2 heterocycles. The second kappa shape index (κ2) is 4.21. The molecule has 0 aliphatic carbocycles. The minimum absolute atomic E-state index is 0.155. The zero-order valence-electron chi connectivity index (χ0n) is 11.1. The molecule has 0 fully saturated rings. The van der Waals surface area contributed by atoms with Gasteiger partial charge in [0.15, 0.2) is 0 Å². The smallest absolute Gasteiger partial charge is 0.282 e. The molecule has 2 aromatic rings. The van der Waals surface area contributed by atoms with E-state index >= 15 is 0 Å². The number of fused-ring (bicyclic) bond motifs is 3. The molecule has 2 aliphatic heterocycles. The Kier molecular flexibility index (Phi) is 2.35. The van der Waals surface area contributed by atoms with Crippen molar-refractivity contribution in [1.82, 2.24) is 14.8 Å². The Hall–Kier alpha value is -3.08. The maximum atomic E-state index is 12.5. The molecule has 2 aliphatic rings. The van der Waals surface area contributed by atoms with Crippen molar-refractivity contribution in [2.45, 2.75) is 0 Å². The molecule has 0 radical (unpaired) electrons. The van der Waals surface area contributed by atoms with Crippen LogP contribution in [0.1, 0.15) is 0 Å². The largest absolute Gasteiger partial charge is 0.399 e. The number of hydrogen-bond donors (Lipinski definition) is 2. The number of para-hydroxylation sites is 1. The summed E-state index contributed by atoms with van der Waals surface area (Å²) in [6, 6.07) is 14.9. The van der Waals surface area contributed by atoms with Crippen molar-refractivity contribution in [3.63, 3.8) is 0 Å². The van der Waals surface area contributed by atoms with Gasteiger partial charge in [0.25, 0.3) is 5.56 Å². The number of hydrogen-bond acceptors (Lipinski definition) is 3. The van der Waals surface area contributed by atoms with Gasteiger partial charge in [-0.1, -0.05) is 24.3 Å². The fourth-order valence-electron chi connectivity index (χ4n) is 2.54. The third kappa shape index (κ3) is 1.71. The monoisotopic (exact) mass is 276 g/mol. The highest BCUT2D eigenvalue weighted by atomic mass is 16.1. The van der Waals surface area contributed by atoms with E-state index in [1.807, 2.05) is 30.3 Å². The maximum Gasteiger partial charge on any atom is 0.282 e. The van der Waals surface area contributed by atoms with Gasteiger partial charge in [0.05, 0.1) is 11.3 Å². The highest BCUT2D eigenvalue weighted by Crippen LogP contribution is 2.25. The summed E-state index contributed by atoms with van der Waals surface area (Å²) < 4.78 is 1.39. The number of nitrogens with two attached hydrogens (primary N) is 1. The van der Waals surface area contributed by atoms with E-state index in [1.165, 1.54) is 4.68 Å². The number of pyridine rings is 1. The van der Waals surface area contributed by atoms with Gasteiger partial charge < -0.3 is 10.7 Å². The molecule has 5 nitrogen and oxygen atoms in total. The van der Waals surface area contributed by atoms with Crippen molar-refractivity contribution < 1.29 is 0 Å². The maximum absolute atomic E-state index is 12.5. The summed E-state index contributed by atoms with van der Waals surface area (Å²) in [5.41, 5.74) is 9.10. The average Bonchev–Trinajstić information content (AvgIpc) is 2.85. The summed E-state index contributed by atoms with van der Waals surface area (Å²) in [5, 5.41) is 5.41. The molecule has 0 spiro atoms. The Morgan fingerprint density at radius 1 is 1.10 bits per heavy atom. The lowest BCUT2D eigenvalue weighted by atomic mass is 10.1. The molecule has 0 atom stereocenters. The minimum Gasteiger partial charge on any atom is -0.399 e. The SMILES string of the molecule is Nc1cccc(-n2nc3c4ccccc4[nH]cc-3c2=O)c1. The van der Waals surface area contributed by atoms with Gasteiger partial charge in [-0.3, -0.25) is 4.79 Å². The van der Waals surface area contributed by atoms with Crippen LogP contribution in [0.25, 0.3) is 27.8 Å². The van der Waals surface area contributed by atoms with E-state index in [0.29, 0.717) is 22.6 Å². The number of benzene rings is 2. The molecule has 21 heavy (non-hydrogen) atoms. The van der Waals surface area contributed by atoms with E-state index in [-0.39, 0.29) is 5.56 Å².